The number of methoxy groups -OCH3 is 1. The maximum absolute atomic E-state index is 12.2. The highest BCUT2D eigenvalue weighted by Crippen LogP contribution is 2.19. The standard InChI is InChI=1S/C18H15ClN2O3S/c1-21-14-8-5-12(17(23)24-2)10-15(14)25-18(21)20-16(22)9-11-3-6-13(19)7-4-11/h3-8,10H,9H2,1-2H3. The van der Waals surface area contributed by atoms with Crippen molar-refractivity contribution in [2.75, 3.05) is 7.11 Å². The summed E-state index contributed by atoms with van der Waals surface area (Å²) in [5, 5.41) is 0.630. The lowest BCUT2D eigenvalue weighted by atomic mass is 10.1. The van der Waals surface area contributed by atoms with Crippen LogP contribution in [0.15, 0.2) is 47.5 Å². The maximum atomic E-state index is 12.2. The number of esters is 1. The van der Waals surface area contributed by atoms with Crippen LogP contribution in [0.25, 0.3) is 10.2 Å². The van der Waals surface area contributed by atoms with Crippen LogP contribution in [0, 0.1) is 0 Å². The Hall–Kier alpha value is -2.44. The van der Waals surface area contributed by atoms with Crippen LogP contribution < -0.4 is 4.80 Å². The molecule has 25 heavy (non-hydrogen) atoms. The van der Waals surface area contributed by atoms with Gasteiger partial charge in [0.25, 0.3) is 5.91 Å². The number of fused-ring (bicyclic) bond motifs is 1. The van der Waals surface area contributed by atoms with Crippen molar-refractivity contribution in [3.8, 4) is 0 Å². The van der Waals surface area contributed by atoms with Crippen molar-refractivity contribution >= 4 is 45.0 Å². The molecule has 1 aromatic heterocycles. The molecule has 0 N–H and O–H groups in total. The van der Waals surface area contributed by atoms with E-state index in [0.717, 1.165) is 15.8 Å². The normalized spacial score (nSPS) is 11.7. The molecule has 0 aliphatic heterocycles. The predicted molar refractivity (Wildman–Crippen MR) is 97.9 cm³/mol. The lowest BCUT2D eigenvalue weighted by molar-refractivity contribution is -0.117. The Morgan fingerprint density at radius 3 is 2.60 bits per heavy atom. The molecule has 0 aliphatic rings. The van der Waals surface area contributed by atoms with Gasteiger partial charge in [0.15, 0.2) is 4.80 Å². The number of nitrogens with zero attached hydrogens (tertiary/aromatic N) is 2. The van der Waals surface area contributed by atoms with E-state index in [4.69, 9.17) is 16.3 Å². The van der Waals surface area contributed by atoms with Gasteiger partial charge in [0.05, 0.1) is 29.3 Å². The van der Waals surface area contributed by atoms with Gasteiger partial charge in [-0.05, 0) is 35.9 Å². The molecule has 0 aliphatic carbocycles. The molecule has 0 atom stereocenters. The van der Waals surface area contributed by atoms with Crippen LogP contribution in [0.3, 0.4) is 0 Å². The molecule has 0 radical (unpaired) electrons. The van der Waals surface area contributed by atoms with E-state index in [2.05, 4.69) is 4.99 Å². The molecular weight excluding hydrogens is 360 g/mol. The fourth-order valence-corrected chi connectivity index (χ4v) is 3.61. The Bertz CT molecular complexity index is 1020. The number of aryl methyl sites for hydroxylation is 1. The van der Waals surface area contributed by atoms with Gasteiger partial charge in [-0.15, -0.1) is 0 Å². The van der Waals surface area contributed by atoms with Crippen LogP contribution in [0.5, 0.6) is 0 Å². The molecule has 3 aromatic rings. The minimum absolute atomic E-state index is 0.207. The number of carbonyl (C=O) groups is 2. The second kappa shape index (κ2) is 7.21. The van der Waals surface area contributed by atoms with Crippen molar-refractivity contribution < 1.29 is 14.3 Å². The fraction of sp³-hybridized carbons (Fsp3) is 0.167. The fourth-order valence-electron chi connectivity index (χ4n) is 2.41. The van der Waals surface area contributed by atoms with Crippen LogP contribution in [0.1, 0.15) is 15.9 Å². The largest absolute Gasteiger partial charge is 0.465 e. The number of rotatable bonds is 3. The van der Waals surface area contributed by atoms with Gasteiger partial charge in [-0.1, -0.05) is 35.1 Å². The third-order valence-corrected chi connectivity index (χ3v) is 5.07. The smallest absolute Gasteiger partial charge is 0.337 e. The molecule has 7 heteroatoms. The van der Waals surface area contributed by atoms with Crippen molar-refractivity contribution in [1.82, 2.24) is 4.57 Å². The summed E-state index contributed by atoms with van der Waals surface area (Å²) in [7, 11) is 3.18. The van der Waals surface area contributed by atoms with Crippen LogP contribution in [-0.2, 0) is 23.0 Å². The first-order valence-electron chi connectivity index (χ1n) is 7.48. The highest BCUT2D eigenvalue weighted by molar-refractivity contribution is 7.16. The summed E-state index contributed by atoms with van der Waals surface area (Å²) < 4.78 is 7.43. The Labute approximate surface area is 153 Å². The van der Waals surface area contributed by atoms with Crippen molar-refractivity contribution in [1.29, 1.82) is 0 Å². The molecular formula is C18H15ClN2O3S. The van der Waals surface area contributed by atoms with E-state index in [1.807, 2.05) is 29.8 Å². The lowest BCUT2D eigenvalue weighted by Crippen LogP contribution is -2.14. The van der Waals surface area contributed by atoms with Gasteiger partial charge in [-0.3, -0.25) is 4.79 Å². The average Bonchev–Trinajstić information content (AvgIpc) is 2.91. The number of hydrogen-bond acceptors (Lipinski definition) is 4. The highest BCUT2D eigenvalue weighted by atomic mass is 35.5. The number of aromatic nitrogens is 1. The van der Waals surface area contributed by atoms with E-state index in [9.17, 15) is 9.59 Å². The molecule has 0 fully saturated rings. The number of ether oxygens (including phenoxy) is 1. The van der Waals surface area contributed by atoms with Crippen molar-refractivity contribution in [3.63, 3.8) is 0 Å². The summed E-state index contributed by atoms with van der Waals surface area (Å²) in [6, 6.07) is 12.4. The molecule has 0 saturated heterocycles. The van der Waals surface area contributed by atoms with E-state index < -0.39 is 5.97 Å². The number of carbonyl (C=O) groups excluding carboxylic acids is 2. The number of halogens is 1. The first-order valence-corrected chi connectivity index (χ1v) is 8.67. The third-order valence-electron chi connectivity index (χ3n) is 3.72. The van der Waals surface area contributed by atoms with Gasteiger partial charge < -0.3 is 9.30 Å². The zero-order chi connectivity index (χ0) is 18.0. The minimum Gasteiger partial charge on any atom is -0.465 e. The predicted octanol–water partition coefficient (Wildman–Crippen LogP) is 3.35. The molecule has 0 saturated carbocycles. The molecule has 5 nitrogen and oxygen atoms in total. The zero-order valence-electron chi connectivity index (χ0n) is 13.7. The van der Waals surface area contributed by atoms with Crippen LogP contribution in [0.2, 0.25) is 5.02 Å². The molecule has 0 unspecified atom stereocenters. The summed E-state index contributed by atoms with van der Waals surface area (Å²) in [6.07, 6.45) is 0.207. The van der Waals surface area contributed by atoms with Crippen LogP contribution >= 0.6 is 22.9 Å². The van der Waals surface area contributed by atoms with E-state index in [1.54, 1.807) is 24.3 Å². The molecule has 1 heterocycles. The Morgan fingerprint density at radius 2 is 1.92 bits per heavy atom. The summed E-state index contributed by atoms with van der Waals surface area (Å²) in [4.78, 5) is 28.7. The topological polar surface area (TPSA) is 60.7 Å². The van der Waals surface area contributed by atoms with Gasteiger partial charge in [0.1, 0.15) is 0 Å². The Balaban J connectivity index is 1.92. The van der Waals surface area contributed by atoms with E-state index in [1.165, 1.54) is 18.4 Å². The van der Waals surface area contributed by atoms with Gasteiger partial charge >= 0.3 is 5.97 Å². The SMILES string of the molecule is COC(=O)c1ccc2c(c1)sc(=NC(=O)Cc1ccc(Cl)cc1)n2C. The molecule has 2 aromatic carbocycles. The second-order valence-corrected chi connectivity index (χ2v) is 6.87. The molecule has 1 amide bonds. The minimum atomic E-state index is -0.393. The van der Waals surface area contributed by atoms with Crippen molar-refractivity contribution in [2.45, 2.75) is 6.42 Å². The Kier molecular flexibility index (Phi) is 5.01. The summed E-state index contributed by atoms with van der Waals surface area (Å²) in [5.41, 5.74) is 2.22. The summed E-state index contributed by atoms with van der Waals surface area (Å²) >= 11 is 7.20. The summed E-state index contributed by atoms with van der Waals surface area (Å²) in [6.45, 7) is 0. The molecule has 0 bridgehead atoms. The Morgan fingerprint density at radius 1 is 1.20 bits per heavy atom. The summed E-state index contributed by atoms with van der Waals surface area (Å²) in [5.74, 6) is -0.632. The number of amides is 1. The van der Waals surface area contributed by atoms with Gasteiger partial charge in [-0.2, -0.15) is 4.99 Å². The highest BCUT2D eigenvalue weighted by Gasteiger charge is 2.10. The van der Waals surface area contributed by atoms with Crippen LogP contribution in [0.4, 0.5) is 0 Å². The number of benzene rings is 2. The van der Waals surface area contributed by atoms with Crippen LogP contribution in [-0.4, -0.2) is 23.6 Å². The third kappa shape index (κ3) is 3.81. The van der Waals surface area contributed by atoms with Gasteiger partial charge in [0.2, 0.25) is 0 Å². The van der Waals surface area contributed by atoms with Gasteiger partial charge in [0, 0.05) is 12.1 Å². The molecule has 0 spiro atoms. The molecule has 128 valence electrons. The van der Waals surface area contributed by atoms with Crippen molar-refractivity contribution in [3.05, 3.63) is 63.4 Å². The monoisotopic (exact) mass is 374 g/mol. The quantitative estimate of drug-likeness (QED) is 0.660. The maximum Gasteiger partial charge on any atom is 0.337 e. The van der Waals surface area contributed by atoms with Gasteiger partial charge in [-0.25, -0.2) is 4.79 Å². The number of thiazole rings is 1. The first-order chi connectivity index (χ1) is 12.0. The van der Waals surface area contributed by atoms with E-state index in [0.29, 0.717) is 15.4 Å². The van der Waals surface area contributed by atoms with E-state index >= 15 is 0 Å². The first kappa shape index (κ1) is 17.4. The van der Waals surface area contributed by atoms with Crippen molar-refractivity contribution in [2.24, 2.45) is 12.0 Å². The zero-order valence-corrected chi connectivity index (χ0v) is 15.2. The molecule has 3 rings (SSSR count). The lowest BCUT2D eigenvalue weighted by Gasteiger charge is -1.99. The average molecular weight is 375 g/mol. The number of hydrogen-bond donors (Lipinski definition) is 0. The second-order valence-electron chi connectivity index (χ2n) is 5.43. The van der Waals surface area contributed by atoms with E-state index in [-0.39, 0.29) is 12.3 Å².